The monoisotopic (exact) mass is 369 g/mol. The van der Waals surface area contributed by atoms with Crippen LogP contribution < -0.4 is 5.32 Å². The van der Waals surface area contributed by atoms with Gasteiger partial charge in [0.25, 0.3) is 0 Å². The van der Waals surface area contributed by atoms with Gasteiger partial charge in [-0.05, 0) is 36.8 Å². The minimum absolute atomic E-state index is 0.129. The van der Waals surface area contributed by atoms with E-state index in [1.54, 1.807) is 13.0 Å². The summed E-state index contributed by atoms with van der Waals surface area (Å²) in [4.78, 5) is 31.3. The van der Waals surface area contributed by atoms with Crippen molar-refractivity contribution in [1.82, 2.24) is 15.3 Å². The number of rotatable bonds is 7. The van der Waals surface area contributed by atoms with Crippen molar-refractivity contribution in [2.45, 2.75) is 31.7 Å². The van der Waals surface area contributed by atoms with Gasteiger partial charge in [0.05, 0.1) is 23.0 Å². The van der Waals surface area contributed by atoms with Gasteiger partial charge in [0.2, 0.25) is 5.91 Å². The average Bonchev–Trinajstić information content (AvgIpc) is 3.02. The second kappa shape index (κ2) is 7.57. The molecule has 0 spiro atoms. The molecule has 1 atom stereocenters. The van der Waals surface area contributed by atoms with Gasteiger partial charge in [0, 0.05) is 12.8 Å². The third-order valence-electron chi connectivity index (χ3n) is 4.41. The molecule has 0 bridgehead atoms. The number of carboxylic acid groups (broad SMARTS) is 1. The molecule has 3 N–H and O–H groups in total. The highest BCUT2D eigenvalue weighted by Crippen LogP contribution is 2.26. The predicted molar refractivity (Wildman–Crippen MR) is 98.6 cm³/mol. The number of imidazole rings is 1. The largest absolute Gasteiger partial charge is 0.481 e. The van der Waals surface area contributed by atoms with Crippen molar-refractivity contribution in [3.8, 4) is 0 Å². The third kappa shape index (κ3) is 4.49. The van der Waals surface area contributed by atoms with Crippen LogP contribution in [0.3, 0.4) is 0 Å². The van der Waals surface area contributed by atoms with Crippen LogP contribution in [0, 0.1) is 5.82 Å². The van der Waals surface area contributed by atoms with Crippen molar-refractivity contribution < 1.29 is 19.1 Å². The van der Waals surface area contributed by atoms with Crippen LogP contribution in [-0.4, -0.2) is 27.0 Å². The number of nitrogens with zero attached hydrogens (tertiary/aromatic N) is 1. The van der Waals surface area contributed by atoms with Crippen LogP contribution in [0.2, 0.25) is 0 Å². The molecule has 0 radical (unpaired) electrons. The van der Waals surface area contributed by atoms with E-state index in [0.29, 0.717) is 17.8 Å². The fourth-order valence-electron chi connectivity index (χ4n) is 3.08. The maximum Gasteiger partial charge on any atom is 0.306 e. The summed E-state index contributed by atoms with van der Waals surface area (Å²) in [5.41, 5.74) is 0.910. The Morgan fingerprint density at radius 3 is 2.70 bits per heavy atom. The molecule has 3 rings (SSSR count). The highest BCUT2D eigenvalue weighted by Gasteiger charge is 2.31. The number of H-pyrrole nitrogens is 1. The Labute approximate surface area is 155 Å². The van der Waals surface area contributed by atoms with E-state index in [9.17, 15) is 19.1 Å². The lowest BCUT2D eigenvalue weighted by molar-refractivity contribution is -0.139. The molecule has 0 aliphatic carbocycles. The first kappa shape index (κ1) is 18.6. The van der Waals surface area contributed by atoms with Crippen molar-refractivity contribution in [1.29, 1.82) is 0 Å². The molecule has 3 aromatic rings. The van der Waals surface area contributed by atoms with Gasteiger partial charge >= 0.3 is 5.97 Å². The van der Waals surface area contributed by atoms with Crippen LogP contribution in [0.1, 0.15) is 31.2 Å². The standard InChI is InChI=1S/C20H20FN3O3/c1-20(12-19(26)27,13-5-4-6-14(21)11-13)24-18(25)10-9-17-22-15-7-2-3-8-16(15)23-17/h2-8,11H,9-10,12H2,1H3,(H,22,23)(H,24,25)(H,26,27). The number of aromatic nitrogens is 2. The molecule has 0 saturated carbocycles. The molecular weight excluding hydrogens is 349 g/mol. The molecule has 0 fully saturated rings. The topological polar surface area (TPSA) is 95.1 Å². The summed E-state index contributed by atoms with van der Waals surface area (Å²) < 4.78 is 13.6. The molecule has 1 amide bonds. The number of benzene rings is 2. The van der Waals surface area contributed by atoms with Crippen LogP contribution in [-0.2, 0) is 21.5 Å². The van der Waals surface area contributed by atoms with E-state index in [1.165, 1.54) is 18.2 Å². The minimum Gasteiger partial charge on any atom is -0.481 e. The number of hydrogen-bond acceptors (Lipinski definition) is 3. The number of aliphatic carboxylic acids is 1. The second-order valence-electron chi connectivity index (χ2n) is 6.66. The van der Waals surface area contributed by atoms with E-state index in [4.69, 9.17) is 0 Å². The first-order valence-electron chi connectivity index (χ1n) is 8.58. The summed E-state index contributed by atoms with van der Waals surface area (Å²) in [5, 5.41) is 12.0. The Kier molecular flexibility index (Phi) is 5.21. The van der Waals surface area contributed by atoms with Gasteiger partial charge < -0.3 is 15.4 Å². The van der Waals surface area contributed by atoms with Crippen LogP contribution in [0.15, 0.2) is 48.5 Å². The molecule has 2 aromatic carbocycles. The number of hydrogen-bond donors (Lipinski definition) is 3. The minimum atomic E-state index is -1.21. The summed E-state index contributed by atoms with van der Waals surface area (Å²) in [6, 6.07) is 13.2. The average molecular weight is 369 g/mol. The SMILES string of the molecule is CC(CC(=O)O)(NC(=O)CCc1nc2ccccc2[nH]1)c1cccc(F)c1. The Hall–Kier alpha value is -3.22. The number of aryl methyl sites for hydroxylation is 1. The summed E-state index contributed by atoms with van der Waals surface area (Å²) in [7, 11) is 0. The van der Waals surface area contributed by atoms with Crippen molar-refractivity contribution in [2.24, 2.45) is 0 Å². The summed E-state index contributed by atoms with van der Waals surface area (Å²) in [6.45, 7) is 1.58. The van der Waals surface area contributed by atoms with Gasteiger partial charge in [-0.1, -0.05) is 24.3 Å². The molecule has 140 valence electrons. The highest BCUT2D eigenvalue weighted by atomic mass is 19.1. The molecule has 6 nitrogen and oxygen atoms in total. The molecule has 1 heterocycles. The lowest BCUT2D eigenvalue weighted by atomic mass is 9.88. The highest BCUT2D eigenvalue weighted by molar-refractivity contribution is 5.79. The van der Waals surface area contributed by atoms with E-state index in [0.717, 1.165) is 11.0 Å². The van der Waals surface area contributed by atoms with E-state index < -0.39 is 17.3 Å². The van der Waals surface area contributed by atoms with E-state index in [1.807, 2.05) is 24.3 Å². The number of aromatic amines is 1. The third-order valence-corrected chi connectivity index (χ3v) is 4.41. The van der Waals surface area contributed by atoms with Gasteiger partial charge in [-0.2, -0.15) is 0 Å². The normalized spacial score (nSPS) is 13.3. The molecule has 0 saturated heterocycles. The zero-order valence-corrected chi connectivity index (χ0v) is 14.8. The van der Waals surface area contributed by atoms with Gasteiger partial charge in [-0.3, -0.25) is 9.59 Å². The van der Waals surface area contributed by atoms with Crippen molar-refractivity contribution in [3.63, 3.8) is 0 Å². The van der Waals surface area contributed by atoms with Crippen molar-refractivity contribution >= 4 is 22.9 Å². The van der Waals surface area contributed by atoms with Gasteiger partial charge in [0.1, 0.15) is 11.6 Å². The van der Waals surface area contributed by atoms with Crippen LogP contribution in [0.5, 0.6) is 0 Å². The number of halogens is 1. The summed E-state index contributed by atoms with van der Waals surface area (Å²) >= 11 is 0. The van der Waals surface area contributed by atoms with Gasteiger partial charge in [-0.15, -0.1) is 0 Å². The van der Waals surface area contributed by atoms with E-state index in [2.05, 4.69) is 15.3 Å². The lowest BCUT2D eigenvalue weighted by Gasteiger charge is -2.30. The maximum absolute atomic E-state index is 13.6. The Morgan fingerprint density at radius 2 is 2.00 bits per heavy atom. The molecule has 27 heavy (non-hydrogen) atoms. The number of amides is 1. The number of carbonyl (C=O) groups is 2. The number of carboxylic acids is 1. The molecule has 7 heteroatoms. The van der Waals surface area contributed by atoms with E-state index in [-0.39, 0.29) is 18.7 Å². The van der Waals surface area contributed by atoms with Crippen molar-refractivity contribution in [2.75, 3.05) is 0 Å². The Morgan fingerprint density at radius 1 is 1.22 bits per heavy atom. The predicted octanol–water partition coefficient (Wildman–Crippen LogP) is 3.14. The number of carbonyl (C=O) groups excluding carboxylic acids is 1. The number of fused-ring (bicyclic) bond motifs is 1. The Bertz CT molecular complexity index is 952. The van der Waals surface area contributed by atoms with Crippen LogP contribution >= 0.6 is 0 Å². The number of para-hydroxylation sites is 2. The van der Waals surface area contributed by atoms with Crippen LogP contribution in [0.25, 0.3) is 11.0 Å². The fraction of sp³-hybridized carbons (Fsp3) is 0.250. The molecular formula is C20H20FN3O3. The van der Waals surface area contributed by atoms with Crippen molar-refractivity contribution in [3.05, 3.63) is 65.7 Å². The molecule has 0 aliphatic rings. The van der Waals surface area contributed by atoms with Gasteiger partial charge in [0.15, 0.2) is 0 Å². The second-order valence-corrected chi connectivity index (χ2v) is 6.66. The molecule has 1 unspecified atom stereocenters. The number of nitrogens with one attached hydrogen (secondary N) is 2. The smallest absolute Gasteiger partial charge is 0.306 e. The quantitative estimate of drug-likeness (QED) is 0.596. The fourth-order valence-corrected chi connectivity index (χ4v) is 3.08. The first-order valence-corrected chi connectivity index (χ1v) is 8.58. The summed E-state index contributed by atoms with van der Waals surface area (Å²) in [6.07, 6.45) is 0.157. The first-order chi connectivity index (χ1) is 12.9. The lowest BCUT2D eigenvalue weighted by Crippen LogP contribution is -2.45. The van der Waals surface area contributed by atoms with Crippen LogP contribution in [0.4, 0.5) is 4.39 Å². The maximum atomic E-state index is 13.6. The van der Waals surface area contributed by atoms with E-state index >= 15 is 0 Å². The van der Waals surface area contributed by atoms with Gasteiger partial charge in [-0.25, -0.2) is 9.37 Å². The zero-order chi connectivity index (χ0) is 19.4. The Balaban J connectivity index is 1.71. The zero-order valence-electron chi connectivity index (χ0n) is 14.8. The summed E-state index contributed by atoms with van der Waals surface area (Å²) in [5.74, 6) is -1.22. The molecule has 1 aromatic heterocycles. The molecule has 0 aliphatic heterocycles.